The first-order valence-corrected chi connectivity index (χ1v) is 9.15. The number of para-hydroxylation sites is 1. The molecular formula is C18H19N5OS. The van der Waals surface area contributed by atoms with Gasteiger partial charge in [-0.05, 0) is 31.0 Å². The van der Waals surface area contributed by atoms with Gasteiger partial charge in [0.1, 0.15) is 0 Å². The number of anilines is 3. The van der Waals surface area contributed by atoms with E-state index in [-0.39, 0.29) is 0 Å². The summed E-state index contributed by atoms with van der Waals surface area (Å²) in [5.41, 5.74) is 1.82. The van der Waals surface area contributed by atoms with Crippen molar-refractivity contribution in [2.45, 2.75) is 18.9 Å². The lowest BCUT2D eigenvalue weighted by atomic mass is 10.2. The molecule has 1 fully saturated rings. The summed E-state index contributed by atoms with van der Waals surface area (Å²) in [4.78, 5) is 14.3. The van der Waals surface area contributed by atoms with E-state index in [1.807, 2.05) is 42.6 Å². The van der Waals surface area contributed by atoms with Gasteiger partial charge in [-0.3, -0.25) is 0 Å². The molecule has 2 aromatic heterocycles. The molecule has 4 rings (SSSR count). The van der Waals surface area contributed by atoms with Crippen molar-refractivity contribution in [1.29, 1.82) is 0 Å². The summed E-state index contributed by atoms with van der Waals surface area (Å²) in [6.45, 7) is 1.67. The molecule has 0 bridgehead atoms. The molecule has 0 amide bonds. The average Bonchev–Trinajstić information content (AvgIpc) is 3.33. The molecule has 0 aliphatic carbocycles. The quantitative estimate of drug-likeness (QED) is 0.699. The van der Waals surface area contributed by atoms with Crippen LogP contribution < -0.4 is 10.6 Å². The third kappa shape index (κ3) is 4.12. The summed E-state index contributed by atoms with van der Waals surface area (Å²) in [5.74, 6) is 0.575. The van der Waals surface area contributed by atoms with Crippen molar-refractivity contribution in [3.05, 3.63) is 48.8 Å². The van der Waals surface area contributed by atoms with Gasteiger partial charge in [-0.2, -0.15) is 0 Å². The van der Waals surface area contributed by atoms with Crippen molar-refractivity contribution >= 4 is 28.1 Å². The van der Waals surface area contributed by atoms with E-state index >= 15 is 0 Å². The average molecular weight is 353 g/mol. The molecule has 1 aromatic carbocycles. The number of nitrogens with zero attached hydrogens (tertiary/aromatic N) is 3. The molecule has 0 saturated carbocycles. The Kier molecular flexibility index (Phi) is 4.85. The molecule has 25 heavy (non-hydrogen) atoms. The summed E-state index contributed by atoms with van der Waals surface area (Å²) in [5, 5.41) is 7.46. The van der Waals surface area contributed by atoms with Crippen molar-refractivity contribution < 1.29 is 4.74 Å². The molecule has 2 N–H and O–H groups in total. The summed E-state index contributed by atoms with van der Waals surface area (Å²) < 4.78 is 5.62. The van der Waals surface area contributed by atoms with Gasteiger partial charge in [0.05, 0.1) is 16.7 Å². The second-order valence-corrected chi connectivity index (χ2v) is 6.83. The molecule has 3 aromatic rings. The number of hydrogen-bond acceptors (Lipinski definition) is 7. The first kappa shape index (κ1) is 16.0. The maximum absolute atomic E-state index is 5.62. The standard InChI is InChI=1S/C18H19N5OS/c1-2-5-13(6-3-1)22-17-19-9-8-15(23-17)16-12-21-18(25-16)20-11-14-7-4-10-24-14/h1-3,5-6,8-9,12,14H,4,7,10-11H2,(H,20,21)(H,19,22,23). The van der Waals surface area contributed by atoms with Crippen LogP contribution in [-0.2, 0) is 4.74 Å². The van der Waals surface area contributed by atoms with Crippen LogP contribution in [0.15, 0.2) is 48.8 Å². The lowest BCUT2D eigenvalue weighted by Crippen LogP contribution is -2.18. The Morgan fingerprint density at radius 1 is 1.16 bits per heavy atom. The van der Waals surface area contributed by atoms with Crippen LogP contribution in [0, 0.1) is 0 Å². The highest BCUT2D eigenvalue weighted by Gasteiger charge is 2.15. The van der Waals surface area contributed by atoms with E-state index in [0.29, 0.717) is 12.1 Å². The molecular weight excluding hydrogens is 334 g/mol. The van der Waals surface area contributed by atoms with Crippen LogP contribution in [-0.4, -0.2) is 34.2 Å². The fourth-order valence-corrected chi connectivity index (χ4v) is 3.48. The Hall–Kier alpha value is -2.51. The highest BCUT2D eigenvalue weighted by atomic mass is 32.1. The predicted molar refractivity (Wildman–Crippen MR) is 100 cm³/mol. The number of hydrogen-bond donors (Lipinski definition) is 2. The Morgan fingerprint density at radius 3 is 2.92 bits per heavy atom. The Balaban J connectivity index is 1.43. The van der Waals surface area contributed by atoms with Gasteiger partial charge in [-0.25, -0.2) is 15.0 Å². The molecule has 7 heteroatoms. The number of thiazole rings is 1. The molecule has 0 radical (unpaired) electrons. The van der Waals surface area contributed by atoms with Gasteiger partial charge in [0.25, 0.3) is 0 Å². The first-order chi connectivity index (χ1) is 12.4. The Labute approximate surface area is 150 Å². The van der Waals surface area contributed by atoms with Gasteiger partial charge in [-0.1, -0.05) is 29.5 Å². The zero-order chi connectivity index (χ0) is 16.9. The second kappa shape index (κ2) is 7.58. The lowest BCUT2D eigenvalue weighted by Gasteiger charge is -2.09. The van der Waals surface area contributed by atoms with Gasteiger partial charge in [0.15, 0.2) is 5.13 Å². The summed E-state index contributed by atoms with van der Waals surface area (Å²) in [6, 6.07) is 11.8. The Bertz CT molecular complexity index is 817. The van der Waals surface area contributed by atoms with Crippen LogP contribution in [0.2, 0.25) is 0 Å². The number of aromatic nitrogens is 3. The number of ether oxygens (including phenoxy) is 1. The molecule has 0 spiro atoms. The smallest absolute Gasteiger partial charge is 0.227 e. The topological polar surface area (TPSA) is 72.0 Å². The van der Waals surface area contributed by atoms with Gasteiger partial charge in [-0.15, -0.1) is 0 Å². The fourth-order valence-electron chi connectivity index (χ4n) is 2.69. The summed E-state index contributed by atoms with van der Waals surface area (Å²) >= 11 is 1.59. The highest BCUT2D eigenvalue weighted by molar-refractivity contribution is 7.18. The van der Waals surface area contributed by atoms with Crippen LogP contribution in [0.25, 0.3) is 10.6 Å². The third-order valence-electron chi connectivity index (χ3n) is 3.95. The van der Waals surface area contributed by atoms with Crippen LogP contribution in [0.1, 0.15) is 12.8 Å². The van der Waals surface area contributed by atoms with E-state index < -0.39 is 0 Å². The summed E-state index contributed by atoms with van der Waals surface area (Å²) in [6.07, 6.45) is 6.16. The highest BCUT2D eigenvalue weighted by Crippen LogP contribution is 2.28. The first-order valence-electron chi connectivity index (χ1n) is 8.33. The second-order valence-electron chi connectivity index (χ2n) is 5.80. The van der Waals surface area contributed by atoms with Crippen LogP contribution >= 0.6 is 11.3 Å². The maximum Gasteiger partial charge on any atom is 0.227 e. The predicted octanol–water partition coefficient (Wildman–Crippen LogP) is 3.93. The number of benzene rings is 1. The van der Waals surface area contributed by atoms with Crippen molar-refractivity contribution in [3.63, 3.8) is 0 Å². The van der Waals surface area contributed by atoms with E-state index in [9.17, 15) is 0 Å². The van der Waals surface area contributed by atoms with Gasteiger partial charge in [0.2, 0.25) is 5.95 Å². The lowest BCUT2D eigenvalue weighted by molar-refractivity contribution is 0.120. The Morgan fingerprint density at radius 2 is 2.08 bits per heavy atom. The maximum atomic E-state index is 5.62. The van der Waals surface area contributed by atoms with Gasteiger partial charge >= 0.3 is 0 Å². The van der Waals surface area contributed by atoms with Crippen LogP contribution in [0.3, 0.4) is 0 Å². The van der Waals surface area contributed by atoms with Gasteiger partial charge in [0, 0.05) is 31.2 Å². The van der Waals surface area contributed by atoms with E-state index in [1.165, 1.54) is 0 Å². The van der Waals surface area contributed by atoms with E-state index in [2.05, 4.69) is 25.6 Å². The molecule has 1 aliphatic heterocycles. The minimum atomic E-state index is 0.299. The van der Waals surface area contributed by atoms with Crippen molar-refractivity contribution in [1.82, 2.24) is 15.0 Å². The monoisotopic (exact) mass is 353 g/mol. The molecule has 1 atom stereocenters. The molecule has 1 unspecified atom stereocenters. The normalized spacial score (nSPS) is 16.7. The van der Waals surface area contributed by atoms with Crippen LogP contribution in [0.4, 0.5) is 16.8 Å². The number of rotatable bonds is 6. The largest absolute Gasteiger partial charge is 0.376 e. The molecule has 6 nitrogen and oxygen atoms in total. The number of nitrogens with one attached hydrogen (secondary N) is 2. The molecule has 1 aliphatic rings. The van der Waals surface area contributed by atoms with Crippen molar-refractivity contribution in [3.8, 4) is 10.6 Å². The fraction of sp³-hybridized carbons (Fsp3) is 0.278. The minimum absolute atomic E-state index is 0.299. The molecule has 128 valence electrons. The van der Waals surface area contributed by atoms with E-state index in [4.69, 9.17) is 4.74 Å². The van der Waals surface area contributed by atoms with E-state index in [0.717, 1.165) is 47.4 Å². The van der Waals surface area contributed by atoms with Crippen molar-refractivity contribution in [2.24, 2.45) is 0 Å². The van der Waals surface area contributed by atoms with Gasteiger partial charge < -0.3 is 15.4 Å². The molecule has 3 heterocycles. The SMILES string of the molecule is c1ccc(Nc2nccc(-c3cnc(NCC4CCCO4)s3)n2)cc1. The third-order valence-corrected chi connectivity index (χ3v) is 4.93. The molecule has 1 saturated heterocycles. The van der Waals surface area contributed by atoms with Crippen LogP contribution in [0.5, 0.6) is 0 Å². The summed E-state index contributed by atoms with van der Waals surface area (Å²) in [7, 11) is 0. The zero-order valence-electron chi connectivity index (χ0n) is 13.7. The van der Waals surface area contributed by atoms with E-state index in [1.54, 1.807) is 17.5 Å². The minimum Gasteiger partial charge on any atom is -0.376 e. The van der Waals surface area contributed by atoms with Crippen molar-refractivity contribution in [2.75, 3.05) is 23.8 Å². The zero-order valence-corrected chi connectivity index (χ0v) is 14.5.